The van der Waals surface area contributed by atoms with E-state index in [0.29, 0.717) is 18.5 Å². The van der Waals surface area contributed by atoms with Crippen LogP contribution >= 0.6 is 0 Å². The van der Waals surface area contributed by atoms with E-state index in [1.807, 2.05) is 18.2 Å². The van der Waals surface area contributed by atoms with Crippen molar-refractivity contribution in [1.29, 1.82) is 10.5 Å². The summed E-state index contributed by atoms with van der Waals surface area (Å²) >= 11 is 0. The zero-order valence-electron chi connectivity index (χ0n) is 9.64. The van der Waals surface area contributed by atoms with Crippen molar-refractivity contribution < 1.29 is 0 Å². The van der Waals surface area contributed by atoms with Crippen molar-refractivity contribution in [3.63, 3.8) is 0 Å². The van der Waals surface area contributed by atoms with Gasteiger partial charge in [-0.3, -0.25) is 0 Å². The highest BCUT2D eigenvalue weighted by atomic mass is 15.1. The van der Waals surface area contributed by atoms with Gasteiger partial charge in [0.25, 0.3) is 0 Å². The minimum atomic E-state index is 0.280. The Kier molecular flexibility index (Phi) is 4.36. The van der Waals surface area contributed by atoms with Crippen molar-refractivity contribution in [2.24, 2.45) is 0 Å². The number of anilines is 1. The predicted octanol–water partition coefficient (Wildman–Crippen LogP) is 2.69. The lowest BCUT2D eigenvalue weighted by molar-refractivity contribution is 0.686. The Morgan fingerprint density at radius 1 is 1.25 bits per heavy atom. The molecule has 0 spiro atoms. The first-order chi connectivity index (χ1) is 7.70. The minimum Gasteiger partial charge on any atom is -0.367 e. The average molecular weight is 213 g/mol. The van der Waals surface area contributed by atoms with Gasteiger partial charge in [-0.1, -0.05) is 12.1 Å². The minimum absolute atomic E-state index is 0.280. The summed E-state index contributed by atoms with van der Waals surface area (Å²) in [5, 5.41) is 17.7. The standard InChI is InChI=1S/C13H15N3/c1-11(2)16(9-5-8-14)13-7-4-3-6-12(13)10-15/h3-4,6-7,11H,5,9H2,1-2H3. The average Bonchev–Trinajstić information content (AvgIpc) is 2.29. The first-order valence-electron chi connectivity index (χ1n) is 5.33. The Labute approximate surface area is 96.5 Å². The third-order valence-electron chi connectivity index (χ3n) is 2.42. The van der Waals surface area contributed by atoms with Gasteiger partial charge in [-0.05, 0) is 26.0 Å². The molecule has 0 aliphatic heterocycles. The SMILES string of the molecule is CC(C)N(CCC#N)c1ccccc1C#N. The highest BCUT2D eigenvalue weighted by Crippen LogP contribution is 2.21. The van der Waals surface area contributed by atoms with Crippen LogP contribution in [0.2, 0.25) is 0 Å². The molecule has 0 N–H and O–H groups in total. The molecule has 0 aromatic heterocycles. The van der Waals surface area contributed by atoms with E-state index in [1.165, 1.54) is 0 Å². The normalized spacial score (nSPS) is 9.56. The summed E-state index contributed by atoms with van der Waals surface area (Å²) < 4.78 is 0. The van der Waals surface area contributed by atoms with Gasteiger partial charge < -0.3 is 4.90 Å². The molecule has 0 aliphatic rings. The van der Waals surface area contributed by atoms with Gasteiger partial charge in [-0.25, -0.2) is 0 Å². The lowest BCUT2D eigenvalue weighted by atomic mass is 10.1. The summed E-state index contributed by atoms with van der Waals surface area (Å²) in [7, 11) is 0. The predicted molar refractivity (Wildman–Crippen MR) is 63.9 cm³/mol. The van der Waals surface area contributed by atoms with Crippen molar-refractivity contribution >= 4 is 5.69 Å². The largest absolute Gasteiger partial charge is 0.367 e. The molecule has 0 bridgehead atoms. The molecule has 3 nitrogen and oxygen atoms in total. The fourth-order valence-corrected chi connectivity index (χ4v) is 1.65. The summed E-state index contributed by atoms with van der Waals surface area (Å²) in [5.74, 6) is 0. The van der Waals surface area contributed by atoms with Crippen LogP contribution in [0, 0.1) is 22.7 Å². The maximum atomic E-state index is 9.03. The van der Waals surface area contributed by atoms with Crippen molar-refractivity contribution in [1.82, 2.24) is 0 Å². The van der Waals surface area contributed by atoms with Gasteiger partial charge >= 0.3 is 0 Å². The van der Waals surface area contributed by atoms with E-state index in [9.17, 15) is 0 Å². The van der Waals surface area contributed by atoms with Crippen molar-refractivity contribution in [3.8, 4) is 12.1 Å². The van der Waals surface area contributed by atoms with E-state index in [2.05, 4.69) is 30.9 Å². The number of hydrogen-bond acceptors (Lipinski definition) is 3. The summed E-state index contributed by atoms with van der Waals surface area (Å²) in [6, 6.07) is 12.1. The molecule has 0 unspecified atom stereocenters. The van der Waals surface area contributed by atoms with E-state index in [0.717, 1.165) is 5.69 Å². The molecule has 0 aliphatic carbocycles. The molecule has 0 heterocycles. The van der Waals surface area contributed by atoms with Gasteiger partial charge in [0.15, 0.2) is 0 Å². The Hall–Kier alpha value is -2.00. The van der Waals surface area contributed by atoms with Crippen molar-refractivity contribution in [2.75, 3.05) is 11.4 Å². The fraction of sp³-hybridized carbons (Fsp3) is 0.385. The lowest BCUT2D eigenvalue weighted by Crippen LogP contribution is -2.32. The van der Waals surface area contributed by atoms with Crippen molar-refractivity contribution in [3.05, 3.63) is 29.8 Å². The number of nitriles is 2. The topological polar surface area (TPSA) is 50.8 Å². The zero-order valence-corrected chi connectivity index (χ0v) is 9.64. The first kappa shape index (κ1) is 12.1. The van der Waals surface area contributed by atoms with Crippen LogP contribution in [0.25, 0.3) is 0 Å². The number of hydrogen-bond donors (Lipinski definition) is 0. The van der Waals surface area contributed by atoms with Gasteiger partial charge in [0.05, 0.1) is 23.7 Å². The van der Waals surface area contributed by atoms with Crippen LogP contribution in [0.4, 0.5) is 5.69 Å². The molecule has 0 amide bonds. The number of benzene rings is 1. The molecule has 16 heavy (non-hydrogen) atoms. The summed E-state index contributed by atoms with van der Waals surface area (Å²) in [6.07, 6.45) is 0.470. The maximum Gasteiger partial charge on any atom is 0.101 e. The fourth-order valence-electron chi connectivity index (χ4n) is 1.65. The van der Waals surface area contributed by atoms with Gasteiger partial charge in [0.2, 0.25) is 0 Å². The van der Waals surface area contributed by atoms with E-state index in [-0.39, 0.29) is 6.04 Å². The van der Waals surface area contributed by atoms with Gasteiger partial charge in [-0.15, -0.1) is 0 Å². The van der Waals surface area contributed by atoms with Crippen LogP contribution < -0.4 is 4.90 Å². The number of rotatable bonds is 4. The summed E-state index contributed by atoms with van der Waals surface area (Å²) in [4.78, 5) is 2.09. The third kappa shape index (κ3) is 2.74. The van der Waals surface area contributed by atoms with Crippen LogP contribution in [0.3, 0.4) is 0 Å². The van der Waals surface area contributed by atoms with Gasteiger partial charge in [-0.2, -0.15) is 10.5 Å². The second-order valence-corrected chi connectivity index (χ2v) is 3.82. The quantitative estimate of drug-likeness (QED) is 0.772. The van der Waals surface area contributed by atoms with Crippen LogP contribution in [0.1, 0.15) is 25.8 Å². The lowest BCUT2D eigenvalue weighted by Gasteiger charge is -2.28. The Bertz CT molecular complexity index is 424. The molecule has 1 aromatic rings. The van der Waals surface area contributed by atoms with Gasteiger partial charge in [0, 0.05) is 12.6 Å². The highest BCUT2D eigenvalue weighted by Gasteiger charge is 2.13. The maximum absolute atomic E-state index is 9.03. The zero-order chi connectivity index (χ0) is 12.0. The molecule has 0 atom stereocenters. The van der Waals surface area contributed by atoms with Crippen molar-refractivity contribution in [2.45, 2.75) is 26.3 Å². The molecular weight excluding hydrogens is 198 g/mol. The monoisotopic (exact) mass is 213 g/mol. The second-order valence-electron chi connectivity index (χ2n) is 3.82. The smallest absolute Gasteiger partial charge is 0.101 e. The van der Waals surface area contributed by atoms with E-state index < -0.39 is 0 Å². The van der Waals surface area contributed by atoms with Gasteiger partial charge in [0.1, 0.15) is 6.07 Å². The molecule has 0 saturated heterocycles. The number of para-hydroxylation sites is 1. The molecule has 3 heteroatoms. The molecular formula is C13H15N3. The van der Waals surface area contributed by atoms with Crippen LogP contribution in [-0.2, 0) is 0 Å². The molecule has 82 valence electrons. The second kappa shape index (κ2) is 5.78. The summed E-state index contributed by atoms with van der Waals surface area (Å²) in [6.45, 7) is 4.78. The molecule has 0 radical (unpaired) electrons. The van der Waals surface area contributed by atoms with E-state index in [1.54, 1.807) is 6.07 Å². The molecule has 1 aromatic carbocycles. The third-order valence-corrected chi connectivity index (χ3v) is 2.42. The van der Waals surface area contributed by atoms with E-state index in [4.69, 9.17) is 10.5 Å². The molecule has 0 saturated carbocycles. The van der Waals surface area contributed by atoms with Crippen LogP contribution in [0.15, 0.2) is 24.3 Å². The van der Waals surface area contributed by atoms with E-state index >= 15 is 0 Å². The molecule has 1 rings (SSSR count). The first-order valence-corrected chi connectivity index (χ1v) is 5.33. The molecule has 0 fully saturated rings. The van der Waals surface area contributed by atoms with Crippen LogP contribution in [-0.4, -0.2) is 12.6 Å². The highest BCUT2D eigenvalue weighted by molar-refractivity contribution is 5.59. The Morgan fingerprint density at radius 3 is 2.50 bits per heavy atom. The van der Waals surface area contributed by atoms with Crippen LogP contribution in [0.5, 0.6) is 0 Å². The Balaban J connectivity index is 3.02. The number of nitrogens with zero attached hydrogens (tertiary/aromatic N) is 3. The summed E-state index contributed by atoms with van der Waals surface area (Å²) in [5.41, 5.74) is 1.57. The Morgan fingerprint density at radius 2 is 1.94 bits per heavy atom.